The molecule has 4 heteroatoms. The third kappa shape index (κ3) is 3.83. The third-order valence-electron chi connectivity index (χ3n) is 4.09. The summed E-state index contributed by atoms with van der Waals surface area (Å²) in [5.41, 5.74) is 1.04. The lowest BCUT2D eigenvalue weighted by Gasteiger charge is -2.33. The first kappa shape index (κ1) is 15.1. The number of carbonyl (C=O) groups is 1. The summed E-state index contributed by atoms with van der Waals surface area (Å²) in [5.74, 6) is 0.342. The number of benzene rings is 1. The molecule has 20 heavy (non-hydrogen) atoms. The molecule has 0 aromatic heterocycles. The predicted octanol–water partition coefficient (Wildman–Crippen LogP) is 3.53. The number of nitrogens with zero attached hydrogens (tertiary/aromatic N) is 2. The predicted molar refractivity (Wildman–Crippen MR) is 82.0 cm³/mol. The van der Waals surface area contributed by atoms with Crippen molar-refractivity contribution in [3.8, 4) is 6.07 Å². The molecule has 1 saturated carbocycles. The van der Waals surface area contributed by atoms with Crippen molar-refractivity contribution in [2.45, 2.75) is 38.1 Å². The molecule has 3 nitrogen and oxygen atoms in total. The van der Waals surface area contributed by atoms with Gasteiger partial charge in [0.05, 0.1) is 12.5 Å². The maximum absolute atomic E-state index is 12.3. The number of hydrogen-bond donors (Lipinski definition) is 0. The summed E-state index contributed by atoms with van der Waals surface area (Å²) in [7, 11) is 1.89. The molecule has 2 rings (SSSR count). The van der Waals surface area contributed by atoms with Gasteiger partial charge >= 0.3 is 0 Å². The summed E-state index contributed by atoms with van der Waals surface area (Å²) in [6, 6.07) is 10.5. The average Bonchev–Trinajstić information content (AvgIpc) is 2.49. The zero-order valence-corrected chi connectivity index (χ0v) is 13.3. The summed E-state index contributed by atoms with van der Waals surface area (Å²) >= 11 is 3.39. The first-order valence-electron chi connectivity index (χ1n) is 7.00. The highest BCUT2D eigenvalue weighted by Gasteiger charge is 2.26. The van der Waals surface area contributed by atoms with E-state index in [-0.39, 0.29) is 11.8 Å². The minimum atomic E-state index is 0.160. The maximum atomic E-state index is 12.3. The fourth-order valence-electron chi connectivity index (χ4n) is 2.70. The molecule has 1 amide bonds. The summed E-state index contributed by atoms with van der Waals surface area (Å²) in [4.78, 5) is 14.2. The lowest BCUT2D eigenvalue weighted by Crippen LogP contribution is -2.40. The van der Waals surface area contributed by atoms with Crippen LogP contribution in [0.2, 0.25) is 0 Å². The van der Waals surface area contributed by atoms with Crippen LogP contribution in [0.3, 0.4) is 0 Å². The molecule has 0 spiro atoms. The van der Waals surface area contributed by atoms with E-state index < -0.39 is 0 Å². The van der Waals surface area contributed by atoms with Gasteiger partial charge in [0, 0.05) is 23.5 Å². The van der Waals surface area contributed by atoms with Crippen LogP contribution in [0.15, 0.2) is 28.7 Å². The number of hydrogen-bond acceptors (Lipinski definition) is 2. The molecule has 0 N–H and O–H groups in total. The van der Waals surface area contributed by atoms with Gasteiger partial charge in [0.1, 0.15) is 0 Å². The third-order valence-corrected chi connectivity index (χ3v) is 4.62. The molecule has 0 radical (unpaired) electrons. The summed E-state index contributed by atoms with van der Waals surface area (Å²) in [5, 5.41) is 8.91. The number of rotatable bonds is 3. The van der Waals surface area contributed by atoms with E-state index in [9.17, 15) is 4.79 Å². The highest BCUT2D eigenvalue weighted by Crippen LogP contribution is 2.26. The van der Waals surface area contributed by atoms with E-state index in [1.54, 1.807) is 0 Å². The Hall–Kier alpha value is -1.34. The Morgan fingerprint density at radius 2 is 1.90 bits per heavy atom. The van der Waals surface area contributed by atoms with E-state index in [0.717, 1.165) is 35.7 Å². The number of carbonyl (C=O) groups excluding carboxylic acids is 1. The second kappa shape index (κ2) is 6.90. The van der Waals surface area contributed by atoms with Gasteiger partial charge in [-0.2, -0.15) is 5.26 Å². The van der Waals surface area contributed by atoms with Gasteiger partial charge in [-0.25, -0.2) is 0 Å². The molecule has 0 bridgehead atoms. The lowest BCUT2D eigenvalue weighted by molar-refractivity contribution is -0.131. The minimum Gasteiger partial charge on any atom is -0.342 e. The van der Waals surface area contributed by atoms with Crippen LogP contribution in [0.25, 0.3) is 0 Å². The zero-order valence-electron chi connectivity index (χ0n) is 11.7. The summed E-state index contributed by atoms with van der Waals surface area (Å²) < 4.78 is 1.02. The van der Waals surface area contributed by atoms with Crippen molar-refractivity contribution in [2.24, 2.45) is 5.92 Å². The molecule has 1 aliphatic carbocycles. The van der Waals surface area contributed by atoms with Crippen molar-refractivity contribution in [1.29, 1.82) is 5.26 Å². The zero-order chi connectivity index (χ0) is 14.5. The van der Waals surface area contributed by atoms with Gasteiger partial charge in [0.2, 0.25) is 5.91 Å². The first-order chi connectivity index (χ1) is 9.60. The van der Waals surface area contributed by atoms with Crippen molar-refractivity contribution in [3.05, 3.63) is 34.3 Å². The van der Waals surface area contributed by atoms with Gasteiger partial charge in [-0.05, 0) is 43.4 Å². The van der Waals surface area contributed by atoms with E-state index in [0.29, 0.717) is 12.5 Å². The highest BCUT2D eigenvalue weighted by atomic mass is 79.9. The van der Waals surface area contributed by atoms with Crippen LogP contribution in [0.1, 0.15) is 31.2 Å². The highest BCUT2D eigenvalue weighted by molar-refractivity contribution is 9.10. The van der Waals surface area contributed by atoms with Crippen LogP contribution in [0.4, 0.5) is 0 Å². The van der Waals surface area contributed by atoms with Crippen molar-refractivity contribution in [3.63, 3.8) is 0 Å². The van der Waals surface area contributed by atoms with E-state index in [1.165, 1.54) is 0 Å². The topological polar surface area (TPSA) is 44.1 Å². The Morgan fingerprint density at radius 3 is 2.45 bits per heavy atom. The molecule has 1 fully saturated rings. The number of likely N-dealkylation sites (N-methyl/N-ethyl adjacent to an activating group) is 1. The monoisotopic (exact) mass is 334 g/mol. The van der Waals surface area contributed by atoms with Gasteiger partial charge in [-0.3, -0.25) is 4.79 Å². The number of amides is 1. The fourth-order valence-corrected chi connectivity index (χ4v) is 2.96. The van der Waals surface area contributed by atoms with Crippen LogP contribution in [0, 0.1) is 17.2 Å². The fraction of sp³-hybridized carbons (Fsp3) is 0.500. The molecule has 0 heterocycles. The molecule has 1 aromatic rings. The van der Waals surface area contributed by atoms with E-state index in [2.05, 4.69) is 22.0 Å². The second-order valence-corrected chi connectivity index (χ2v) is 6.36. The van der Waals surface area contributed by atoms with Crippen LogP contribution in [0.5, 0.6) is 0 Å². The molecule has 1 aromatic carbocycles. The molecule has 0 atom stereocenters. The minimum absolute atomic E-state index is 0.160. The average molecular weight is 335 g/mol. The van der Waals surface area contributed by atoms with E-state index >= 15 is 0 Å². The Kier molecular flexibility index (Phi) is 5.19. The van der Waals surface area contributed by atoms with Crippen molar-refractivity contribution in [2.75, 3.05) is 7.05 Å². The van der Waals surface area contributed by atoms with Crippen molar-refractivity contribution < 1.29 is 4.79 Å². The van der Waals surface area contributed by atoms with Crippen molar-refractivity contribution >= 4 is 21.8 Å². The maximum Gasteiger partial charge on any atom is 0.226 e. The Morgan fingerprint density at radius 1 is 1.30 bits per heavy atom. The van der Waals surface area contributed by atoms with Gasteiger partial charge < -0.3 is 4.90 Å². The quantitative estimate of drug-likeness (QED) is 0.848. The number of halogens is 1. The number of nitriles is 1. The lowest BCUT2D eigenvalue weighted by atomic mass is 9.86. The molecular weight excluding hydrogens is 316 g/mol. The van der Waals surface area contributed by atoms with Crippen LogP contribution in [-0.4, -0.2) is 23.9 Å². The van der Waals surface area contributed by atoms with E-state index in [1.807, 2.05) is 36.2 Å². The Bertz CT molecular complexity index is 498. The Labute approximate surface area is 128 Å². The summed E-state index contributed by atoms with van der Waals surface area (Å²) in [6.45, 7) is 0. The van der Waals surface area contributed by atoms with Gasteiger partial charge in [0.25, 0.3) is 0 Å². The van der Waals surface area contributed by atoms with Crippen LogP contribution < -0.4 is 0 Å². The van der Waals surface area contributed by atoms with E-state index in [4.69, 9.17) is 5.26 Å². The molecular formula is C16H19BrN2O. The molecule has 1 aliphatic rings. The normalized spacial score (nSPS) is 22.1. The van der Waals surface area contributed by atoms with Crippen LogP contribution >= 0.6 is 15.9 Å². The van der Waals surface area contributed by atoms with Gasteiger partial charge in [-0.1, -0.05) is 28.1 Å². The molecule has 0 unspecified atom stereocenters. The smallest absolute Gasteiger partial charge is 0.226 e. The van der Waals surface area contributed by atoms with Gasteiger partial charge in [0.15, 0.2) is 0 Å². The molecule has 0 aliphatic heterocycles. The summed E-state index contributed by atoms with van der Waals surface area (Å²) in [6.07, 6.45) is 4.16. The van der Waals surface area contributed by atoms with Crippen molar-refractivity contribution in [1.82, 2.24) is 4.90 Å². The SMILES string of the molecule is CN(C(=O)Cc1ccc(Br)cc1)C1CCC(C#N)CC1. The van der Waals surface area contributed by atoms with Crippen LogP contribution in [-0.2, 0) is 11.2 Å². The Balaban J connectivity index is 1.89. The largest absolute Gasteiger partial charge is 0.342 e. The second-order valence-electron chi connectivity index (χ2n) is 5.44. The molecule has 106 valence electrons. The molecule has 0 saturated heterocycles. The van der Waals surface area contributed by atoms with Gasteiger partial charge in [-0.15, -0.1) is 0 Å². The standard InChI is InChI=1S/C16H19BrN2O/c1-19(15-8-4-13(11-18)5-9-15)16(20)10-12-2-6-14(17)7-3-12/h2-3,6-7,13,15H,4-5,8-10H2,1H3. The first-order valence-corrected chi connectivity index (χ1v) is 7.79.